The number of halogens is 2. The predicted octanol–water partition coefficient (Wildman–Crippen LogP) is 3.45. The first-order chi connectivity index (χ1) is 11.9. The van der Waals surface area contributed by atoms with Gasteiger partial charge in [0.25, 0.3) is 5.91 Å². The molecule has 1 aliphatic heterocycles. The molecular weight excluding hydrogens is 326 g/mol. The van der Waals surface area contributed by atoms with Crippen LogP contribution >= 0.6 is 0 Å². The number of urea groups is 1. The Balaban J connectivity index is 1.82. The molecule has 25 heavy (non-hydrogen) atoms. The maximum atomic E-state index is 14.1. The van der Waals surface area contributed by atoms with Gasteiger partial charge in [-0.3, -0.25) is 9.69 Å². The van der Waals surface area contributed by atoms with E-state index in [0.29, 0.717) is 0 Å². The van der Waals surface area contributed by atoms with Gasteiger partial charge in [-0.2, -0.15) is 0 Å². The molecule has 1 unspecified atom stereocenters. The Bertz CT molecular complexity index is 852. The van der Waals surface area contributed by atoms with Crippen molar-refractivity contribution in [2.24, 2.45) is 0 Å². The lowest BCUT2D eigenvalue weighted by atomic mass is 9.91. The van der Waals surface area contributed by atoms with Gasteiger partial charge in [0.15, 0.2) is 0 Å². The Labute approximate surface area is 143 Å². The van der Waals surface area contributed by atoms with Crippen LogP contribution in [0.15, 0.2) is 54.6 Å². The average Bonchev–Trinajstić information content (AvgIpc) is 2.82. The van der Waals surface area contributed by atoms with Gasteiger partial charge in [-0.25, -0.2) is 13.6 Å². The van der Waals surface area contributed by atoms with Gasteiger partial charge < -0.3 is 5.32 Å². The first-order valence-electron chi connectivity index (χ1n) is 7.73. The van der Waals surface area contributed by atoms with E-state index in [9.17, 15) is 18.4 Å². The molecule has 1 fully saturated rings. The van der Waals surface area contributed by atoms with E-state index in [2.05, 4.69) is 5.32 Å². The van der Waals surface area contributed by atoms with Gasteiger partial charge in [0, 0.05) is 12.1 Å². The predicted molar refractivity (Wildman–Crippen MR) is 89.4 cm³/mol. The lowest BCUT2D eigenvalue weighted by molar-refractivity contribution is -0.130. The molecule has 2 aromatic rings. The lowest BCUT2D eigenvalue weighted by Crippen LogP contribution is -2.41. The van der Waals surface area contributed by atoms with E-state index in [0.717, 1.165) is 28.7 Å². The van der Waals surface area contributed by atoms with E-state index in [4.69, 9.17) is 0 Å². The summed E-state index contributed by atoms with van der Waals surface area (Å²) in [6, 6.07) is 11.6. The maximum Gasteiger partial charge on any atom is 0.325 e. The molecule has 4 nitrogen and oxygen atoms in total. The molecule has 128 valence electrons. The van der Waals surface area contributed by atoms with Gasteiger partial charge in [-0.15, -0.1) is 0 Å². The minimum atomic E-state index is -1.64. The molecule has 1 saturated heterocycles. The van der Waals surface area contributed by atoms with Gasteiger partial charge in [-0.1, -0.05) is 42.5 Å². The number of amides is 3. The van der Waals surface area contributed by atoms with Crippen molar-refractivity contribution in [2.75, 3.05) is 6.54 Å². The number of hydrogen-bond donors (Lipinski definition) is 1. The van der Waals surface area contributed by atoms with Crippen LogP contribution in [0.25, 0.3) is 6.08 Å². The van der Waals surface area contributed by atoms with Crippen LogP contribution in [-0.4, -0.2) is 23.4 Å². The fourth-order valence-corrected chi connectivity index (χ4v) is 2.78. The van der Waals surface area contributed by atoms with Crippen molar-refractivity contribution in [3.63, 3.8) is 0 Å². The van der Waals surface area contributed by atoms with E-state index < -0.39 is 29.1 Å². The smallest absolute Gasteiger partial charge is 0.319 e. The summed E-state index contributed by atoms with van der Waals surface area (Å²) in [5, 5.41) is 2.46. The maximum absolute atomic E-state index is 14.1. The van der Waals surface area contributed by atoms with Crippen LogP contribution in [0.4, 0.5) is 13.6 Å². The fraction of sp³-hybridized carbons (Fsp3) is 0.158. The average molecular weight is 342 g/mol. The van der Waals surface area contributed by atoms with Crippen LogP contribution in [0, 0.1) is 11.6 Å². The highest BCUT2D eigenvalue weighted by Crippen LogP contribution is 2.31. The molecule has 3 amide bonds. The Morgan fingerprint density at radius 1 is 1.12 bits per heavy atom. The van der Waals surface area contributed by atoms with Gasteiger partial charge in [0.2, 0.25) is 0 Å². The highest BCUT2D eigenvalue weighted by atomic mass is 19.1. The van der Waals surface area contributed by atoms with Gasteiger partial charge in [0.1, 0.15) is 17.2 Å². The molecule has 1 heterocycles. The van der Waals surface area contributed by atoms with E-state index in [1.54, 1.807) is 12.2 Å². The van der Waals surface area contributed by atoms with Crippen molar-refractivity contribution in [3.05, 3.63) is 77.4 Å². The molecule has 0 spiro atoms. The van der Waals surface area contributed by atoms with Crippen LogP contribution in [-0.2, 0) is 10.3 Å². The molecule has 0 bridgehead atoms. The van der Waals surface area contributed by atoms with Crippen molar-refractivity contribution >= 4 is 18.0 Å². The number of benzene rings is 2. The summed E-state index contributed by atoms with van der Waals surface area (Å²) in [7, 11) is 0. The quantitative estimate of drug-likeness (QED) is 0.865. The van der Waals surface area contributed by atoms with Gasteiger partial charge in [-0.05, 0) is 30.7 Å². The second-order valence-electron chi connectivity index (χ2n) is 5.91. The molecule has 6 heteroatoms. The largest absolute Gasteiger partial charge is 0.325 e. The number of carbonyl (C=O) groups excluding carboxylic acids is 2. The Kier molecular flexibility index (Phi) is 4.35. The summed E-state index contributed by atoms with van der Waals surface area (Å²) in [4.78, 5) is 25.8. The SMILES string of the molecule is CC1(c2cc(F)ccc2F)NC(=O)N(CC=Cc2ccccc2)C1=O. The highest BCUT2D eigenvalue weighted by molar-refractivity contribution is 6.07. The summed E-state index contributed by atoms with van der Waals surface area (Å²) in [6.07, 6.45) is 3.44. The zero-order valence-electron chi connectivity index (χ0n) is 13.5. The molecule has 1 aliphatic rings. The molecule has 0 aliphatic carbocycles. The second kappa shape index (κ2) is 6.47. The molecule has 1 N–H and O–H groups in total. The number of rotatable bonds is 4. The van der Waals surface area contributed by atoms with Crippen LogP contribution in [0.2, 0.25) is 0 Å². The van der Waals surface area contributed by atoms with E-state index >= 15 is 0 Å². The number of nitrogens with one attached hydrogen (secondary N) is 1. The van der Waals surface area contributed by atoms with Crippen molar-refractivity contribution in [2.45, 2.75) is 12.5 Å². The standard InChI is InChI=1S/C19H16F2N2O2/c1-19(15-12-14(20)9-10-16(15)21)17(24)23(18(25)22-19)11-5-8-13-6-3-2-4-7-13/h2-10,12H,11H2,1H3,(H,22,25). The van der Waals surface area contributed by atoms with E-state index in [1.165, 1.54) is 6.92 Å². The van der Waals surface area contributed by atoms with Crippen LogP contribution in [0.5, 0.6) is 0 Å². The van der Waals surface area contributed by atoms with E-state index in [-0.39, 0.29) is 12.1 Å². The third-order valence-corrected chi connectivity index (χ3v) is 4.14. The molecule has 3 rings (SSSR count). The Morgan fingerprint density at radius 3 is 2.56 bits per heavy atom. The van der Waals surface area contributed by atoms with Crippen molar-refractivity contribution in [1.82, 2.24) is 10.2 Å². The summed E-state index contributed by atoms with van der Waals surface area (Å²) in [6.45, 7) is 1.40. The van der Waals surface area contributed by atoms with Crippen molar-refractivity contribution in [3.8, 4) is 0 Å². The molecule has 0 aromatic heterocycles. The summed E-state index contributed by atoms with van der Waals surface area (Å²) in [5.41, 5.74) is -0.905. The first-order valence-corrected chi connectivity index (χ1v) is 7.73. The fourth-order valence-electron chi connectivity index (χ4n) is 2.78. The number of carbonyl (C=O) groups is 2. The Morgan fingerprint density at radius 2 is 1.84 bits per heavy atom. The monoisotopic (exact) mass is 342 g/mol. The van der Waals surface area contributed by atoms with Crippen molar-refractivity contribution in [1.29, 1.82) is 0 Å². The topological polar surface area (TPSA) is 49.4 Å². The van der Waals surface area contributed by atoms with E-state index in [1.807, 2.05) is 30.3 Å². The summed E-state index contributed by atoms with van der Waals surface area (Å²) in [5.74, 6) is -2.05. The van der Waals surface area contributed by atoms with Crippen LogP contribution in [0.3, 0.4) is 0 Å². The molecule has 0 radical (unpaired) electrons. The molecule has 2 aromatic carbocycles. The molecule has 0 saturated carbocycles. The normalized spacial score (nSPS) is 20.4. The highest BCUT2D eigenvalue weighted by Gasteiger charge is 2.49. The third kappa shape index (κ3) is 3.15. The minimum Gasteiger partial charge on any atom is -0.319 e. The summed E-state index contributed by atoms with van der Waals surface area (Å²) >= 11 is 0. The second-order valence-corrected chi connectivity index (χ2v) is 5.91. The molecular formula is C19H16F2N2O2. The minimum absolute atomic E-state index is 0.0338. The molecule has 1 atom stereocenters. The number of hydrogen-bond acceptors (Lipinski definition) is 2. The number of nitrogens with zero attached hydrogens (tertiary/aromatic N) is 1. The first kappa shape index (κ1) is 16.8. The number of imide groups is 1. The summed E-state index contributed by atoms with van der Waals surface area (Å²) < 4.78 is 27.5. The zero-order chi connectivity index (χ0) is 18.0. The zero-order valence-corrected chi connectivity index (χ0v) is 13.5. The lowest BCUT2D eigenvalue weighted by Gasteiger charge is -2.22. The Hall–Kier alpha value is -3.02. The van der Waals surface area contributed by atoms with Crippen LogP contribution in [0.1, 0.15) is 18.1 Å². The third-order valence-electron chi connectivity index (χ3n) is 4.14. The van der Waals surface area contributed by atoms with Crippen LogP contribution < -0.4 is 5.32 Å². The van der Waals surface area contributed by atoms with Gasteiger partial charge >= 0.3 is 6.03 Å². The van der Waals surface area contributed by atoms with Crippen molar-refractivity contribution < 1.29 is 18.4 Å². The van der Waals surface area contributed by atoms with Gasteiger partial charge in [0.05, 0.1) is 0 Å².